The maximum atomic E-state index is 10.4. The number of nitrogens with zero attached hydrogens (tertiary/aromatic N) is 1. The number of hydrogen-bond acceptors (Lipinski definition) is 2. The van der Waals surface area contributed by atoms with Crippen LogP contribution in [0.5, 0.6) is 0 Å². The molecule has 0 fully saturated rings. The summed E-state index contributed by atoms with van der Waals surface area (Å²) in [6, 6.07) is 0. The quantitative estimate of drug-likeness (QED) is 0.457. The lowest BCUT2D eigenvalue weighted by Crippen LogP contribution is -2.18. The van der Waals surface area contributed by atoms with Crippen molar-refractivity contribution >= 4 is 12.1 Å². The van der Waals surface area contributed by atoms with E-state index >= 15 is 0 Å². The van der Waals surface area contributed by atoms with Gasteiger partial charge in [-0.05, 0) is 6.08 Å². The fraction of sp³-hybridized carbons (Fsp3) is 0.200. The van der Waals surface area contributed by atoms with E-state index in [2.05, 4.69) is 10.3 Å². The second kappa shape index (κ2) is 2.26. The maximum absolute atomic E-state index is 10.4. The summed E-state index contributed by atoms with van der Waals surface area (Å²) in [6.07, 6.45) is 4.85. The molecule has 0 aromatic rings. The zero-order valence-electron chi connectivity index (χ0n) is 4.29. The van der Waals surface area contributed by atoms with Crippen molar-refractivity contribution < 1.29 is 4.79 Å². The summed E-state index contributed by atoms with van der Waals surface area (Å²) in [7, 11) is 0. The van der Waals surface area contributed by atoms with Gasteiger partial charge in [-0.15, -0.1) is 0 Å². The molecule has 0 bridgehead atoms. The number of amides is 1. The van der Waals surface area contributed by atoms with E-state index in [1.54, 1.807) is 18.5 Å². The number of carbonyl (C=O) groups excluding carboxylic acids is 1. The summed E-state index contributed by atoms with van der Waals surface area (Å²) >= 11 is 0. The van der Waals surface area contributed by atoms with Crippen LogP contribution in [0.1, 0.15) is 0 Å². The van der Waals surface area contributed by atoms with Crippen LogP contribution < -0.4 is 5.32 Å². The normalized spacial score (nSPS) is 17.8. The van der Waals surface area contributed by atoms with E-state index in [9.17, 15) is 4.79 Å². The molecule has 0 aliphatic carbocycles. The molecule has 0 unspecified atom stereocenters. The van der Waals surface area contributed by atoms with E-state index in [1.165, 1.54) is 0 Å². The standard InChI is InChI=1S/C5H6N2O/c8-5-4-6-2-1-3-7-5/h1-3H,4H2,(H,7,8). The fourth-order valence-electron chi connectivity index (χ4n) is 0.426. The molecule has 0 aromatic carbocycles. The number of allylic oxidation sites excluding steroid dienone is 1. The highest BCUT2D eigenvalue weighted by atomic mass is 16.1. The Morgan fingerprint density at radius 2 is 2.62 bits per heavy atom. The molecule has 8 heavy (non-hydrogen) atoms. The number of aliphatic imine (C=N–C) groups is 1. The Labute approximate surface area is 47.1 Å². The summed E-state index contributed by atoms with van der Waals surface area (Å²) in [5.41, 5.74) is 0. The molecule has 42 valence electrons. The van der Waals surface area contributed by atoms with Crippen molar-refractivity contribution in [3.05, 3.63) is 12.3 Å². The van der Waals surface area contributed by atoms with Crippen molar-refractivity contribution in [1.29, 1.82) is 0 Å². The van der Waals surface area contributed by atoms with Gasteiger partial charge < -0.3 is 5.32 Å². The predicted molar refractivity (Wildman–Crippen MR) is 30.6 cm³/mol. The largest absolute Gasteiger partial charge is 0.331 e. The second-order valence-corrected chi connectivity index (χ2v) is 1.42. The summed E-state index contributed by atoms with van der Waals surface area (Å²) in [5.74, 6) is -0.0602. The molecule has 0 spiro atoms. The number of rotatable bonds is 0. The lowest BCUT2D eigenvalue weighted by Gasteiger charge is -1.88. The van der Waals surface area contributed by atoms with Crippen LogP contribution >= 0.6 is 0 Å². The van der Waals surface area contributed by atoms with Gasteiger partial charge in [-0.3, -0.25) is 9.79 Å². The zero-order chi connectivity index (χ0) is 5.82. The molecule has 1 N–H and O–H groups in total. The third kappa shape index (κ3) is 1.18. The van der Waals surface area contributed by atoms with Crippen molar-refractivity contribution in [2.24, 2.45) is 4.99 Å². The minimum Gasteiger partial charge on any atom is -0.331 e. The summed E-state index contributed by atoms with van der Waals surface area (Å²) < 4.78 is 0. The molecule has 1 aliphatic rings. The van der Waals surface area contributed by atoms with Crippen molar-refractivity contribution in [1.82, 2.24) is 5.32 Å². The van der Waals surface area contributed by atoms with Crippen LogP contribution in [0.25, 0.3) is 0 Å². The Morgan fingerprint density at radius 3 is 3.50 bits per heavy atom. The number of nitrogens with one attached hydrogen (secondary N) is 1. The van der Waals surface area contributed by atoms with Gasteiger partial charge in [-0.2, -0.15) is 0 Å². The Hall–Kier alpha value is -1.12. The molecule has 0 saturated heterocycles. The molecule has 3 nitrogen and oxygen atoms in total. The highest BCUT2D eigenvalue weighted by Gasteiger charge is 1.94. The summed E-state index contributed by atoms with van der Waals surface area (Å²) in [4.78, 5) is 14.1. The molecule has 1 heterocycles. The van der Waals surface area contributed by atoms with Crippen LogP contribution in [0.2, 0.25) is 0 Å². The molecule has 1 aliphatic heterocycles. The van der Waals surface area contributed by atoms with Gasteiger partial charge >= 0.3 is 0 Å². The topological polar surface area (TPSA) is 41.5 Å². The first kappa shape index (κ1) is 5.03. The van der Waals surface area contributed by atoms with Gasteiger partial charge in [0.05, 0.1) is 0 Å². The minimum absolute atomic E-state index is 0.0602. The van der Waals surface area contributed by atoms with E-state index in [0.29, 0.717) is 0 Å². The summed E-state index contributed by atoms with van der Waals surface area (Å²) in [6.45, 7) is 0.243. The predicted octanol–water partition coefficient (Wildman–Crippen LogP) is -0.299. The van der Waals surface area contributed by atoms with Crippen LogP contribution in [0.15, 0.2) is 17.3 Å². The van der Waals surface area contributed by atoms with Crippen LogP contribution in [0.3, 0.4) is 0 Å². The highest BCUT2D eigenvalue weighted by molar-refractivity contribution is 5.84. The van der Waals surface area contributed by atoms with Crippen molar-refractivity contribution in [2.75, 3.05) is 6.54 Å². The van der Waals surface area contributed by atoms with E-state index in [-0.39, 0.29) is 12.5 Å². The van der Waals surface area contributed by atoms with Crippen molar-refractivity contribution in [2.45, 2.75) is 0 Å². The molecule has 3 heteroatoms. The molecule has 1 rings (SSSR count). The molecular formula is C5H6N2O. The molecule has 0 atom stereocenters. The first-order chi connectivity index (χ1) is 3.89. The Morgan fingerprint density at radius 1 is 1.75 bits per heavy atom. The lowest BCUT2D eigenvalue weighted by molar-refractivity contribution is -0.118. The third-order valence-electron chi connectivity index (χ3n) is 0.767. The first-order valence-electron chi connectivity index (χ1n) is 2.34. The van der Waals surface area contributed by atoms with Gasteiger partial charge in [-0.1, -0.05) is 0 Å². The number of carbonyl (C=O) groups is 1. The monoisotopic (exact) mass is 110 g/mol. The van der Waals surface area contributed by atoms with E-state index in [4.69, 9.17) is 0 Å². The molecule has 0 saturated carbocycles. The molecule has 0 aromatic heterocycles. The molecule has 0 radical (unpaired) electrons. The number of hydrogen-bond donors (Lipinski definition) is 1. The SMILES string of the molecule is O=C1CN=CC=CN1. The van der Waals surface area contributed by atoms with Crippen LogP contribution in [0.4, 0.5) is 0 Å². The fourth-order valence-corrected chi connectivity index (χ4v) is 0.426. The van der Waals surface area contributed by atoms with E-state index in [1.807, 2.05) is 0 Å². The second-order valence-electron chi connectivity index (χ2n) is 1.42. The van der Waals surface area contributed by atoms with Crippen LogP contribution in [-0.2, 0) is 4.79 Å². The average Bonchev–Trinajstić information content (AvgIpc) is 1.94. The van der Waals surface area contributed by atoms with E-state index in [0.717, 1.165) is 0 Å². The smallest absolute Gasteiger partial charge is 0.245 e. The van der Waals surface area contributed by atoms with Crippen molar-refractivity contribution in [3.63, 3.8) is 0 Å². The van der Waals surface area contributed by atoms with Crippen LogP contribution in [0, 0.1) is 0 Å². The van der Waals surface area contributed by atoms with Gasteiger partial charge in [0.15, 0.2) is 0 Å². The molecule has 1 amide bonds. The third-order valence-corrected chi connectivity index (χ3v) is 0.767. The van der Waals surface area contributed by atoms with Gasteiger partial charge in [0, 0.05) is 12.4 Å². The minimum atomic E-state index is -0.0602. The highest BCUT2D eigenvalue weighted by Crippen LogP contribution is 1.76. The summed E-state index contributed by atoms with van der Waals surface area (Å²) in [5, 5.41) is 2.50. The Bertz CT molecular complexity index is 133. The Kier molecular flexibility index (Phi) is 1.42. The van der Waals surface area contributed by atoms with Gasteiger partial charge in [0.2, 0.25) is 5.91 Å². The first-order valence-corrected chi connectivity index (χ1v) is 2.34. The Balaban J connectivity index is 2.58. The van der Waals surface area contributed by atoms with Crippen LogP contribution in [-0.4, -0.2) is 18.7 Å². The van der Waals surface area contributed by atoms with Gasteiger partial charge in [0.25, 0.3) is 0 Å². The lowest BCUT2D eigenvalue weighted by atomic mass is 10.6. The molecular weight excluding hydrogens is 104 g/mol. The maximum Gasteiger partial charge on any atom is 0.245 e. The van der Waals surface area contributed by atoms with Crippen molar-refractivity contribution in [3.8, 4) is 0 Å². The van der Waals surface area contributed by atoms with Gasteiger partial charge in [-0.25, -0.2) is 0 Å². The zero-order valence-corrected chi connectivity index (χ0v) is 4.29. The van der Waals surface area contributed by atoms with E-state index < -0.39 is 0 Å². The average molecular weight is 110 g/mol. The van der Waals surface area contributed by atoms with Gasteiger partial charge in [0.1, 0.15) is 6.54 Å².